The monoisotopic (exact) mass is 524 g/mol. The quantitative estimate of drug-likeness (QED) is 0.441. The standard InChI is InChI=1S/C24H25ClN4OS.2ClH/c25-18-6-4-16(5-7-18)8-11-29-12-9-17(10-13-29)15-26-24(30)22-14-20-23-19(27-28-20)2-1-3-21(23)31-22;;/h1-7,14,17H,8-13,15H2,(H,26,30)(H,27,28);2*1H. The summed E-state index contributed by atoms with van der Waals surface area (Å²) in [5, 5.41) is 12.4. The molecule has 2 aliphatic heterocycles. The van der Waals surface area contributed by atoms with Crippen molar-refractivity contribution >= 4 is 71.1 Å². The molecule has 0 atom stereocenters. The average molecular weight is 526 g/mol. The Morgan fingerprint density at radius 2 is 1.91 bits per heavy atom. The van der Waals surface area contributed by atoms with Crippen LogP contribution in [0, 0.1) is 5.92 Å². The molecule has 2 aromatic carbocycles. The number of aromatic nitrogens is 2. The maximum absolute atomic E-state index is 12.8. The molecule has 0 bridgehead atoms. The second-order valence-electron chi connectivity index (χ2n) is 8.27. The number of nitrogens with zero attached hydrogens (tertiary/aromatic N) is 2. The van der Waals surface area contributed by atoms with Crippen molar-refractivity contribution in [3.8, 4) is 0 Å². The van der Waals surface area contributed by atoms with Crippen molar-refractivity contribution < 1.29 is 4.79 Å². The minimum Gasteiger partial charge on any atom is -0.351 e. The fourth-order valence-electron chi connectivity index (χ4n) is 4.32. The maximum atomic E-state index is 12.8. The van der Waals surface area contributed by atoms with Crippen LogP contribution in [0.15, 0.2) is 52.3 Å². The van der Waals surface area contributed by atoms with Gasteiger partial charge in [-0.25, -0.2) is 0 Å². The topological polar surface area (TPSA) is 61.0 Å². The molecule has 5 nitrogen and oxygen atoms in total. The molecule has 9 heteroatoms. The molecule has 176 valence electrons. The van der Waals surface area contributed by atoms with Crippen LogP contribution in [0.4, 0.5) is 0 Å². The molecule has 2 N–H and O–H groups in total. The smallest absolute Gasteiger partial charge is 0.258 e. The van der Waals surface area contributed by atoms with Gasteiger partial charge in [0, 0.05) is 28.4 Å². The Labute approximate surface area is 215 Å². The molecule has 3 aromatic rings. The number of likely N-dealkylation sites (tertiary alicyclic amines) is 1. The van der Waals surface area contributed by atoms with Crippen LogP contribution in [0.5, 0.6) is 0 Å². The van der Waals surface area contributed by atoms with Crippen LogP contribution in [-0.2, 0) is 11.2 Å². The van der Waals surface area contributed by atoms with Crippen LogP contribution >= 0.6 is 48.2 Å². The second-order valence-corrected chi connectivity index (χ2v) is 9.79. The number of carbonyl (C=O) groups excluding carboxylic acids is 1. The van der Waals surface area contributed by atoms with Crippen LogP contribution in [0.1, 0.15) is 24.1 Å². The molecule has 0 saturated carbocycles. The van der Waals surface area contributed by atoms with Crippen molar-refractivity contribution in [3.63, 3.8) is 0 Å². The van der Waals surface area contributed by atoms with Crippen molar-refractivity contribution in [2.24, 2.45) is 5.92 Å². The number of amides is 1. The Morgan fingerprint density at radius 3 is 2.67 bits per heavy atom. The van der Waals surface area contributed by atoms with Gasteiger partial charge >= 0.3 is 0 Å². The molecule has 5 rings (SSSR count). The molecule has 1 saturated heterocycles. The molecular formula is C24H27Cl3N4OS. The summed E-state index contributed by atoms with van der Waals surface area (Å²) < 4.78 is 0. The number of nitrogens with one attached hydrogen (secondary N) is 2. The first-order valence-electron chi connectivity index (χ1n) is 10.8. The Bertz CT molecular complexity index is 1120. The molecule has 0 unspecified atom stereocenters. The highest BCUT2D eigenvalue weighted by Gasteiger charge is 2.23. The molecule has 1 aromatic heterocycles. The van der Waals surface area contributed by atoms with Gasteiger partial charge in [0.05, 0.1) is 16.1 Å². The van der Waals surface area contributed by atoms with E-state index in [2.05, 4.69) is 32.5 Å². The van der Waals surface area contributed by atoms with Crippen molar-refractivity contribution in [2.75, 3.05) is 26.2 Å². The lowest BCUT2D eigenvalue weighted by Crippen LogP contribution is -2.39. The molecule has 3 heterocycles. The summed E-state index contributed by atoms with van der Waals surface area (Å²) in [5.74, 6) is 0.545. The van der Waals surface area contributed by atoms with Gasteiger partial charge in [-0.15, -0.1) is 24.8 Å². The third-order valence-electron chi connectivity index (χ3n) is 6.18. The SMILES string of the molecule is Cl.Cl.O=C(NCC1CCN(CCc2ccc(Cl)cc2)CC1)C1=Cc2[nH]nc3cccc(c23)S1. The van der Waals surface area contributed by atoms with E-state index in [1.54, 1.807) is 0 Å². The number of rotatable bonds is 6. The zero-order valence-corrected chi connectivity index (χ0v) is 21.3. The summed E-state index contributed by atoms with van der Waals surface area (Å²) in [7, 11) is 0. The van der Waals surface area contributed by atoms with E-state index in [1.165, 1.54) is 17.3 Å². The Morgan fingerprint density at radius 1 is 1.15 bits per heavy atom. The van der Waals surface area contributed by atoms with Gasteiger partial charge in [0.25, 0.3) is 5.91 Å². The number of halogens is 3. The lowest BCUT2D eigenvalue weighted by Gasteiger charge is -2.32. The predicted octanol–water partition coefficient (Wildman–Crippen LogP) is 5.58. The number of hydrogen-bond donors (Lipinski definition) is 2. The number of piperidine rings is 1. The largest absolute Gasteiger partial charge is 0.351 e. The number of carbonyl (C=O) groups is 1. The van der Waals surface area contributed by atoms with Gasteiger partial charge in [-0.1, -0.05) is 41.6 Å². The first kappa shape index (κ1) is 25.9. The van der Waals surface area contributed by atoms with Gasteiger partial charge in [0.15, 0.2) is 0 Å². The fourth-order valence-corrected chi connectivity index (χ4v) is 5.48. The fraction of sp³-hybridized carbons (Fsp3) is 0.333. The average Bonchev–Trinajstić information content (AvgIpc) is 3.22. The Hall–Kier alpha value is -1.70. The van der Waals surface area contributed by atoms with Gasteiger partial charge in [-0.3, -0.25) is 9.89 Å². The zero-order chi connectivity index (χ0) is 21.2. The first-order chi connectivity index (χ1) is 15.2. The minimum absolute atomic E-state index is 0. The zero-order valence-electron chi connectivity index (χ0n) is 18.1. The molecule has 2 aliphatic rings. The van der Waals surface area contributed by atoms with Crippen molar-refractivity contribution in [3.05, 3.63) is 63.6 Å². The Kier molecular flexibility index (Phi) is 9.13. The van der Waals surface area contributed by atoms with E-state index < -0.39 is 0 Å². The van der Waals surface area contributed by atoms with E-state index in [0.717, 1.165) is 76.9 Å². The van der Waals surface area contributed by atoms with E-state index in [-0.39, 0.29) is 30.7 Å². The number of hydrogen-bond acceptors (Lipinski definition) is 4. The summed E-state index contributed by atoms with van der Waals surface area (Å²) in [6, 6.07) is 14.1. The highest BCUT2D eigenvalue weighted by molar-refractivity contribution is 8.04. The van der Waals surface area contributed by atoms with E-state index in [1.807, 2.05) is 36.4 Å². The molecule has 1 amide bonds. The molecule has 1 fully saturated rings. The van der Waals surface area contributed by atoms with Gasteiger partial charge in [0.1, 0.15) is 0 Å². The van der Waals surface area contributed by atoms with Crippen LogP contribution in [0.2, 0.25) is 5.02 Å². The van der Waals surface area contributed by atoms with E-state index in [9.17, 15) is 4.79 Å². The summed E-state index contributed by atoms with van der Waals surface area (Å²) >= 11 is 7.49. The van der Waals surface area contributed by atoms with E-state index in [4.69, 9.17) is 11.6 Å². The molecule has 0 spiro atoms. The lowest BCUT2D eigenvalue weighted by atomic mass is 9.96. The van der Waals surface area contributed by atoms with Crippen molar-refractivity contribution in [2.45, 2.75) is 24.2 Å². The third kappa shape index (κ3) is 6.06. The third-order valence-corrected chi connectivity index (χ3v) is 7.51. The lowest BCUT2D eigenvalue weighted by molar-refractivity contribution is -0.117. The maximum Gasteiger partial charge on any atom is 0.258 e. The van der Waals surface area contributed by atoms with Crippen molar-refractivity contribution in [1.82, 2.24) is 20.4 Å². The summed E-state index contributed by atoms with van der Waals surface area (Å²) in [4.78, 5) is 17.1. The molecular weight excluding hydrogens is 499 g/mol. The van der Waals surface area contributed by atoms with Crippen molar-refractivity contribution in [1.29, 1.82) is 0 Å². The van der Waals surface area contributed by atoms with Crippen LogP contribution in [0.25, 0.3) is 17.0 Å². The molecule has 33 heavy (non-hydrogen) atoms. The van der Waals surface area contributed by atoms with Gasteiger partial charge in [-0.2, -0.15) is 5.10 Å². The Balaban J connectivity index is 0.00000153. The van der Waals surface area contributed by atoms with Crippen LogP contribution < -0.4 is 5.32 Å². The second kappa shape index (κ2) is 11.6. The molecule has 0 aliphatic carbocycles. The predicted molar refractivity (Wildman–Crippen MR) is 142 cm³/mol. The highest BCUT2D eigenvalue weighted by atomic mass is 35.5. The number of aromatic amines is 1. The first-order valence-corrected chi connectivity index (χ1v) is 12.0. The van der Waals surface area contributed by atoms with Crippen LogP contribution in [0.3, 0.4) is 0 Å². The number of thioether (sulfide) groups is 1. The minimum atomic E-state index is 0. The normalized spacial score (nSPS) is 16.0. The summed E-state index contributed by atoms with van der Waals surface area (Å²) in [6.45, 7) is 3.99. The summed E-state index contributed by atoms with van der Waals surface area (Å²) in [5.41, 5.74) is 3.19. The van der Waals surface area contributed by atoms with Gasteiger partial charge in [-0.05, 0) is 74.2 Å². The van der Waals surface area contributed by atoms with Gasteiger partial charge < -0.3 is 10.2 Å². The van der Waals surface area contributed by atoms with E-state index >= 15 is 0 Å². The van der Waals surface area contributed by atoms with Gasteiger partial charge in [0.2, 0.25) is 0 Å². The summed E-state index contributed by atoms with van der Waals surface area (Å²) in [6.07, 6.45) is 5.21. The number of benzene rings is 2. The van der Waals surface area contributed by atoms with Crippen LogP contribution in [-0.4, -0.2) is 47.2 Å². The number of H-pyrrole nitrogens is 1. The molecule has 0 radical (unpaired) electrons. The van der Waals surface area contributed by atoms with E-state index in [0.29, 0.717) is 5.92 Å². The highest BCUT2D eigenvalue weighted by Crippen LogP contribution is 2.39.